The van der Waals surface area contributed by atoms with Gasteiger partial charge in [0.25, 0.3) is 0 Å². The summed E-state index contributed by atoms with van der Waals surface area (Å²) in [4.78, 5) is 11.8. The van der Waals surface area contributed by atoms with Crippen LogP contribution in [-0.2, 0) is 11.2 Å². The average Bonchev–Trinajstić information content (AvgIpc) is 2.76. The minimum Gasteiger partial charge on any atom is -0.444 e. The van der Waals surface area contributed by atoms with Gasteiger partial charge in [0, 0.05) is 11.7 Å². The zero-order valence-corrected chi connectivity index (χ0v) is 12.8. The minimum absolute atomic E-state index is 0.312. The molecule has 2 N–H and O–H groups in total. The fourth-order valence-corrected chi connectivity index (χ4v) is 2.51. The molecule has 112 valence electrons. The number of benzene rings is 1. The molecule has 1 atom stereocenters. The van der Waals surface area contributed by atoms with Crippen molar-refractivity contribution >= 4 is 11.8 Å². The molecule has 2 rings (SSSR count). The molecule has 0 fully saturated rings. The van der Waals surface area contributed by atoms with Crippen LogP contribution in [0.4, 0.5) is 10.5 Å². The highest BCUT2D eigenvalue weighted by molar-refractivity contribution is 5.85. The van der Waals surface area contributed by atoms with E-state index in [1.165, 1.54) is 11.1 Å². The fourth-order valence-electron chi connectivity index (χ4n) is 2.51. The number of anilines is 1. The summed E-state index contributed by atoms with van der Waals surface area (Å²) in [6.07, 6.45) is 6.88. The van der Waals surface area contributed by atoms with Crippen molar-refractivity contribution in [3.8, 4) is 12.3 Å². The Labute approximate surface area is 126 Å². The minimum atomic E-state index is -0.495. The summed E-state index contributed by atoms with van der Waals surface area (Å²) in [5.41, 5.74) is 2.78. The molecular formula is C17H22N2O2. The van der Waals surface area contributed by atoms with Gasteiger partial charge in [-0.05, 0) is 56.9 Å². The van der Waals surface area contributed by atoms with Crippen molar-refractivity contribution in [1.29, 1.82) is 0 Å². The monoisotopic (exact) mass is 286 g/mol. The second kappa shape index (κ2) is 6.19. The highest BCUT2D eigenvalue weighted by atomic mass is 16.6. The Morgan fingerprint density at radius 3 is 2.90 bits per heavy atom. The number of amides is 1. The lowest BCUT2D eigenvalue weighted by Crippen LogP contribution is -2.27. The van der Waals surface area contributed by atoms with Gasteiger partial charge < -0.3 is 4.74 Å². The van der Waals surface area contributed by atoms with E-state index in [0.717, 1.165) is 18.5 Å². The molecule has 4 nitrogen and oxygen atoms in total. The number of rotatable bonds is 3. The van der Waals surface area contributed by atoms with E-state index in [1.807, 2.05) is 39.0 Å². The van der Waals surface area contributed by atoms with Crippen LogP contribution in [0.15, 0.2) is 18.2 Å². The van der Waals surface area contributed by atoms with Gasteiger partial charge in [-0.25, -0.2) is 4.79 Å². The van der Waals surface area contributed by atoms with E-state index in [0.29, 0.717) is 12.6 Å². The zero-order valence-electron chi connectivity index (χ0n) is 12.8. The fraction of sp³-hybridized carbons (Fsp3) is 0.471. The molecule has 0 aliphatic heterocycles. The number of hydrogen-bond donors (Lipinski definition) is 2. The molecule has 1 amide bonds. The molecule has 0 saturated carbocycles. The summed E-state index contributed by atoms with van der Waals surface area (Å²) in [5.74, 6) is 2.60. The van der Waals surface area contributed by atoms with Crippen LogP contribution in [0.2, 0.25) is 0 Å². The van der Waals surface area contributed by atoms with E-state index >= 15 is 0 Å². The van der Waals surface area contributed by atoms with Gasteiger partial charge in [-0.1, -0.05) is 12.0 Å². The largest absolute Gasteiger partial charge is 0.444 e. The Bertz CT molecular complexity index is 567. The van der Waals surface area contributed by atoms with Crippen molar-refractivity contribution in [2.24, 2.45) is 0 Å². The predicted octanol–water partition coefficient (Wildman–Crippen LogP) is 3.24. The maximum atomic E-state index is 11.8. The van der Waals surface area contributed by atoms with Crippen LogP contribution in [0, 0.1) is 12.3 Å². The Balaban J connectivity index is 2.03. The summed E-state index contributed by atoms with van der Waals surface area (Å²) < 4.78 is 5.25. The summed E-state index contributed by atoms with van der Waals surface area (Å²) >= 11 is 0. The number of nitrogens with one attached hydrogen (secondary N) is 2. The van der Waals surface area contributed by atoms with E-state index in [1.54, 1.807) is 0 Å². The first-order chi connectivity index (χ1) is 9.89. The highest BCUT2D eigenvalue weighted by Gasteiger charge is 2.22. The molecule has 1 aliphatic rings. The number of hydrogen-bond acceptors (Lipinski definition) is 3. The number of ether oxygens (including phenoxy) is 1. The summed E-state index contributed by atoms with van der Waals surface area (Å²) in [5, 5.41) is 6.10. The van der Waals surface area contributed by atoms with Crippen molar-refractivity contribution in [3.05, 3.63) is 29.3 Å². The van der Waals surface area contributed by atoms with Crippen LogP contribution in [0.1, 0.15) is 44.4 Å². The first-order valence-corrected chi connectivity index (χ1v) is 7.19. The molecule has 1 unspecified atom stereocenters. The third kappa shape index (κ3) is 4.24. The normalized spacial score (nSPS) is 17.0. The third-order valence-electron chi connectivity index (χ3n) is 3.32. The molecule has 21 heavy (non-hydrogen) atoms. The van der Waals surface area contributed by atoms with E-state index in [4.69, 9.17) is 11.2 Å². The molecular weight excluding hydrogens is 264 g/mol. The molecule has 0 aromatic heterocycles. The lowest BCUT2D eigenvalue weighted by Gasteiger charge is -2.20. The zero-order chi connectivity index (χ0) is 15.5. The molecule has 1 aromatic rings. The van der Waals surface area contributed by atoms with Gasteiger partial charge in [0.1, 0.15) is 5.60 Å². The Morgan fingerprint density at radius 1 is 1.48 bits per heavy atom. The molecule has 1 aliphatic carbocycles. The molecule has 0 saturated heterocycles. The van der Waals surface area contributed by atoms with Gasteiger partial charge >= 0.3 is 6.09 Å². The van der Waals surface area contributed by atoms with Crippen LogP contribution >= 0.6 is 0 Å². The van der Waals surface area contributed by atoms with Crippen molar-refractivity contribution < 1.29 is 9.53 Å². The van der Waals surface area contributed by atoms with Gasteiger partial charge in [-0.15, -0.1) is 6.42 Å². The molecule has 0 bridgehead atoms. The Hall–Kier alpha value is -1.99. The van der Waals surface area contributed by atoms with E-state index in [9.17, 15) is 4.79 Å². The van der Waals surface area contributed by atoms with Crippen LogP contribution < -0.4 is 10.6 Å². The Kier molecular flexibility index (Phi) is 4.54. The second-order valence-corrected chi connectivity index (χ2v) is 6.22. The second-order valence-electron chi connectivity index (χ2n) is 6.22. The number of carbonyl (C=O) groups excluding carboxylic acids is 1. The van der Waals surface area contributed by atoms with Gasteiger partial charge in [0.15, 0.2) is 0 Å². The van der Waals surface area contributed by atoms with E-state index in [2.05, 4.69) is 16.6 Å². The smallest absolute Gasteiger partial charge is 0.412 e. The van der Waals surface area contributed by atoms with Crippen molar-refractivity contribution in [1.82, 2.24) is 5.32 Å². The van der Waals surface area contributed by atoms with Crippen LogP contribution in [0.25, 0.3) is 0 Å². The maximum absolute atomic E-state index is 11.8. The molecule has 0 heterocycles. The van der Waals surface area contributed by atoms with Crippen molar-refractivity contribution in [2.45, 2.75) is 45.3 Å². The summed E-state index contributed by atoms with van der Waals surface area (Å²) in [6.45, 7) is 6.10. The van der Waals surface area contributed by atoms with Crippen molar-refractivity contribution in [3.63, 3.8) is 0 Å². The number of fused-ring (bicyclic) bond motifs is 1. The number of terminal acetylenes is 1. The van der Waals surface area contributed by atoms with Gasteiger partial charge in [0.2, 0.25) is 0 Å². The van der Waals surface area contributed by atoms with Gasteiger partial charge in [-0.3, -0.25) is 10.6 Å². The molecule has 4 heteroatoms. The molecule has 0 spiro atoms. The van der Waals surface area contributed by atoms with Crippen LogP contribution in [0.5, 0.6) is 0 Å². The highest BCUT2D eigenvalue weighted by Crippen LogP contribution is 2.32. The Morgan fingerprint density at radius 2 is 2.24 bits per heavy atom. The predicted molar refractivity (Wildman–Crippen MR) is 84.2 cm³/mol. The number of aryl methyl sites for hydroxylation is 1. The standard InChI is InChI=1S/C17H22N2O2/c1-5-10-18-15-9-6-12-11-13(7-8-14(12)15)19-16(20)21-17(2,3)4/h1,7-8,11,15,18H,6,9-10H2,2-4H3,(H,19,20). The van der Waals surface area contributed by atoms with E-state index in [-0.39, 0.29) is 0 Å². The number of carbonyl (C=O) groups is 1. The third-order valence-corrected chi connectivity index (χ3v) is 3.32. The van der Waals surface area contributed by atoms with Crippen LogP contribution in [-0.4, -0.2) is 18.2 Å². The quantitative estimate of drug-likeness (QED) is 0.839. The lowest BCUT2D eigenvalue weighted by atomic mass is 10.1. The maximum Gasteiger partial charge on any atom is 0.412 e. The molecule has 0 radical (unpaired) electrons. The van der Waals surface area contributed by atoms with Gasteiger partial charge in [-0.2, -0.15) is 0 Å². The summed E-state index contributed by atoms with van der Waals surface area (Å²) in [7, 11) is 0. The molecule has 1 aromatic carbocycles. The van der Waals surface area contributed by atoms with Crippen molar-refractivity contribution in [2.75, 3.05) is 11.9 Å². The average molecular weight is 286 g/mol. The lowest BCUT2D eigenvalue weighted by molar-refractivity contribution is 0.0636. The SMILES string of the molecule is C#CCNC1CCc2cc(NC(=O)OC(C)(C)C)ccc21. The first kappa shape index (κ1) is 15.4. The van der Waals surface area contributed by atoms with Gasteiger partial charge in [0.05, 0.1) is 6.54 Å². The first-order valence-electron chi connectivity index (χ1n) is 7.19. The summed E-state index contributed by atoms with van der Waals surface area (Å²) in [6, 6.07) is 6.27. The van der Waals surface area contributed by atoms with Crippen LogP contribution in [0.3, 0.4) is 0 Å². The topological polar surface area (TPSA) is 50.4 Å². The van der Waals surface area contributed by atoms with E-state index < -0.39 is 11.7 Å².